The fourth-order valence-electron chi connectivity index (χ4n) is 2.90. The first-order valence-corrected chi connectivity index (χ1v) is 12.0. The number of aryl methyl sites for hydroxylation is 1. The van der Waals surface area contributed by atoms with E-state index in [1.54, 1.807) is 31.5 Å². The number of carbonyl (C=O) groups is 1. The van der Waals surface area contributed by atoms with Crippen molar-refractivity contribution in [2.24, 2.45) is 5.10 Å². The zero-order valence-corrected chi connectivity index (χ0v) is 21.4. The first-order valence-electron chi connectivity index (χ1n) is 10.3. The average molecular weight is 523 g/mol. The molecule has 8 nitrogen and oxygen atoms in total. The van der Waals surface area contributed by atoms with Crippen LogP contribution < -0.4 is 14.9 Å². The third-order valence-electron chi connectivity index (χ3n) is 4.65. The highest BCUT2D eigenvalue weighted by Crippen LogP contribution is 2.29. The minimum Gasteiger partial charge on any atom is -0.496 e. The lowest BCUT2D eigenvalue weighted by Crippen LogP contribution is -2.19. The van der Waals surface area contributed by atoms with Gasteiger partial charge in [0.15, 0.2) is 6.61 Å². The summed E-state index contributed by atoms with van der Waals surface area (Å²) in [7, 11) is 1.65. The minimum atomic E-state index is -0.305. The third-order valence-corrected chi connectivity index (χ3v) is 6.00. The van der Waals surface area contributed by atoms with Gasteiger partial charge in [-0.1, -0.05) is 48.8 Å². The molecule has 0 saturated carbocycles. The first-order chi connectivity index (χ1) is 16.3. The number of benzene rings is 2. The number of amides is 1. The highest BCUT2D eigenvalue weighted by atomic mass is 35.5. The van der Waals surface area contributed by atoms with E-state index in [0.29, 0.717) is 21.7 Å². The van der Waals surface area contributed by atoms with Gasteiger partial charge in [-0.15, -0.1) is 10.2 Å². The number of hydrazone groups is 1. The molecule has 1 aromatic heterocycles. The van der Waals surface area contributed by atoms with Crippen LogP contribution in [0.4, 0.5) is 0 Å². The summed E-state index contributed by atoms with van der Waals surface area (Å²) in [5, 5.41) is 13.0. The Bertz CT molecular complexity index is 1180. The Morgan fingerprint density at radius 1 is 1.24 bits per heavy atom. The number of thioether (sulfide) groups is 1. The maximum Gasteiger partial charge on any atom is 0.277 e. The molecule has 0 spiro atoms. The molecule has 0 aliphatic rings. The molecule has 1 heterocycles. The highest BCUT2D eigenvalue weighted by molar-refractivity contribution is 7.99. The molecular weight excluding hydrogens is 499 g/mol. The van der Waals surface area contributed by atoms with Crippen LogP contribution in [0.25, 0.3) is 0 Å². The summed E-state index contributed by atoms with van der Waals surface area (Å²) in [6.45, 7) is 6.18. The van der Waals surface area contributed by atoms with Crippen LogP contribution in [0, 0.1) is 6.92 Å². The molecule has 0 radical (unpaired) electrons. The van der Waals surface area contributed by atoms with Crippen LogP contribution >= 0.6 is 35.0 Å². The standard InChI is InChI=1S/C23H24Cl2N4O4S/c1-13(2)17-8-15(14(3)7-20(17)31-4)10-26-27-21(30)12-34-23-29-28-22(33-23)11-32-19-6-5-16(24)9-18(19)25/h5-10,13H,11-12H2,1-4H3,(H,27,30)/b26-10-. The summed E-state index contributed by atoms with van der Waals surface area (Å²) in [5.74, 6) is 1.58. The van der Waals surface area contributed by atoms with Crippen molar-refractivity contribution >= 4 is 47.1 Å². The van der Waals surface area contributed by atoms with Crippen LogP contribution in [0.5, 0.6) is 11.5 Å². The zero-order valence-electron chi connectivity index (χ0n) is 19.1. The van der Waals surface area contributed by atoms with Gasteiger partial charge in [0.25, 0.3) is 17.0 Å². The van der Waals surface area contributed by atoms with Gasteiger partial charge in [0.1, 0.15) is 11.5 Å². The number of rotatable bonds is 10. The fraction of sp³-hybridized carbons (Fsp3) is 0.304. The molecule has 0 aliphatic heterocycles. The second kappa shape index (κ2) is 12.1. The number of halogens is 2. The predicted octanol–water partition coefficient (Wildman–Crippen LogP) is 5.64. The monoisotopic (exact) mass is 522 g/mol. The molecule has 0 atom stereocenters. The molecule has 0 saturated heterocycles. The van der Waals surface area contributed by atoms with E-state index in [1.807, 2.05) is 19.1 Å². The van der Waals surface area contributed by atoms with E-state index in [4.69, 9.17) is 37.1 Å². The number of nitrogens with one attached hydrogen (secondary N) is 1. The summed E-state index contributed by atoms with van der Waals surface area (Å²) in [5.41, 5.74) is 5.48. The summed E-state index contributed by atoms with van der Waals surface area (Å²) in [4.78, 5) is 12.1. The molecule has 3 rings (SSSR count). The molecule has 0 fully saturated rings. The second-order valence-corrected chi connectivity index (χ2v) is 9.28. The van der Waals surface area contributed by atoms with Gasteiger partial charge in [-0.3, -0.25) is 4.79 Å². The summed E-state index contributed by atoms with van der Waals surface area (Å²) in [6.07, 6.45) is 1.62. The van der Waals surface area contributed by atoms with Crippen molar-refractivity contribution in [3.8, 4) is 11.5 Å². The Balaban J connectivity index is 1.49. The smallest absolute Gasteiger partial charge is 0.277 e. The summed E-state index contributed by atoms with van der Waals surface area (Å²) >= 11 is 13.0. The molecule has 0 bridgehead atoms. The van der Waals surface area contributed by atoms with E-state index in [2.05, 4.69) is 34.6 Å². The first kappa shape index (κ1) is 25.9. The lowest BCUT2D eigenvalue weighted by atomic mass is 9.97. The maximum absolute atomic E-state index is 12.1. The number of ether oxygens (including phenoxy) is 2. The lowest BCUT2D eigenvalue weighted by Gasteiger charge is -2.14. The van der Waals surface area contributed by atoms with Crippen molar-refractivity contribution in [3.63, 3.8) is 0 Å². The van der Waals surface area contributed by atoms with Gasteiger partial charge in [0, 0.05) is 5.02 Å². The molecule has 1 amide bonds. The maximum atomic E-state index is 12.1. The molecular formula is C23H24Cl2N4O4S. The van der Waals surface area contributed by atoms with Crippen molar-refractivity contribution in [3.05, 3.63) is 63.0 Å². The zero-order chi connectivity index (χ0) is 24.7. The number of aromatic nitrogens is 2. The molecule has 2 aromatic carbocycles. The van der Waals surface area contributed by atoms with E-state index in [9.17, 15) is 4.79 Å². The van der Waals surface area contributed by atoms with E-state index in [1.165, 1.54) is 0 Å². The van der Waals surface area contributed by atoms with Gasteiger partial charge in [-0.25, -0.2) is 5.43 Å². The van der Waals surface area contributed by atoms with Crippen molar-refractivity contribution in [1.82, 2.24) is 15.6 Å². The Hall–Kier alpha value is -2.75. The van der Waals surface area contributed by atoms with Gasteiger partial charge in [0.2, 0.25) is 0 Å². The fourth-order valence-corrected chi connectivity index (χ4v) is 3.94. The largest absolute Gasteiger partial charge is 0.496 e. The predicted molar refractivity (Wildman–Crippen MR) is 133 cm³/mol. The van der Waals surface area contributed by atoms with Gasteiger partial charge < -0.3 is 13.9 Å². The molecule has 180 valence electrons. The lowest BCUT2D eigenvalue weighted by molar-refractivity contribution is -0.118. The van der Waals surface area contributed by atoms with Gasteiger partial charge >= 0.3 is 0 Å². The van der Waals surface area contributed by atoms with Crippen LogP contribution in [0.2, 0.25) is 10.0 Å². The van der Waals surface area contributed by atoms with Crippen molar-refractivity contribution in [2.75, 3.05) is 12.9 Å². The topological polar surface area (TPSA) is 98.8 Å². The quantitative estimate of drug-likeness (QED) is 0.209. The summed E-state index contributed by atoms with van der Waals surface area (Å²) < 4.78 is 16.5. The summed E-state index contributed by atoms with van der Waals surface area (Å²) in [6, 6.07) is 8.87. The normalized spacial score (nSPS) is 11.3. The van der Waals surface area contributed by atoms with E-state index in [-0.39, 0.29) is 29.4 Å². The van der Waals surface area contributed by atoms with Gasteiger partial charge in [-0.05, 0) is 59.9 Å². The van der Waals surface area contributed by atoms with Crippen molar-refractivity contribution in [2.45, 2.75) is 38.5 Å². The van der Waals surface area contributed by atoms with Crippen LogP contribution in [0.1, 0.15) is 42.3 Å². The minimum absolute atomic E-state index is 0.0327. The Labute approximate surface area is 212 Å². The number of hydrogen-bond acceptors (Lipinski definition) is 8. The molecule has 11 heteroatoms. The Morgan fingerprint density at radius 3 is 2.74 bits per heavy atom. The SMILES string of the molecule is COc1cc(C)c(/C=N\NC(=O)CSc2nnc(COc3ccc(Cl)cc3Cl)o2)cc1C(C)C. The number of methoxy groups -OCH3 is 1. The molecule has 34 heavy (non-hydrogen) atoms. The van der Waals surface area contributed by atoms with Gasteiger partial charge in [-0.2, -0.15) is 5.10 Å². The Kier molecular flexibility index (Phi) is 9.20. The van der Waals surface area contributed by atoms with Crippen LogP contribution in [-0.2, 0) is 11.4 Å². The van der Waals surface area contributed by atoms with Crippen LogP contribution in [0.3, 0.4) is 0 Å². The second-order valence-electron chi connectivity index (χ2n) is 7.51. The highest BCUT2D eigenvalue weighted by Gasteiger charge is 2.12. The molecule has 1 N–H and O–H groups in total. The molecule has 0 unspecified atom stereocenters. The Morgan fingerprint density at radius 2 is 2.03 bits per heavy atom. The number of carbonyl (C=O) groups excluding carboxylic acids is 1. The number of hydrogen-bond donors (Lipinski definition) is 1. The van der Waals surface area contributed by atoms with Crippen molar-refractivity contribution in [1.29, 1.82) is 0 Å². The molecule has 3 aromatic rings. The van der Waals surface area contributed by atoms with Gasteiger partial charge in [0.05, 0.1) is 24.1 Å². The number of nitrogens with zero attached hydrogens (tertiary/aromatic N) is 3. The molecule has 0 aliphatic carbocycles. The van der Waals surface area contributed by atoms with Crippen molar-refractivity contribution < 1.29 is 18.7 Å². The van der Waals surface area contributed by atoms with E-state index in [0.717, 1.165) is 34.2 Å². The third kappa shape index (κ3) is 7.12. The van der Waals surface area contributed by atoms with E-state index < -0.39 is 0 Å². The van der Waals surface area contributed by atoms with Crippen LogP contribution in [-0.4, -0.2) is 35.2 Å². The van der Waals surface area contributed by atoms with Crippen LogP contribution in [0.15, 0.2) is 45.1 Å². The average Bonchev–Trinajstić information content (AvgIpc) is 3.25. The van der Waals surface area contributed by atoms with E-state index >= 15 is 0 Å².